The molecule has 1 heterocycles. The van der Waals surface area contributed by atoms with Crippen LogP contribution in [-0.4, -0.2) is 0 Å². The lowest BCUT2D eigenvalue weighted by Crippen LogP contribution is -1.91. The fraction of sp³-hybridized carbons (Fsp3) is 0. The minimum atomic E-state index is -1.03. The van der Waals surface area contributed by atoms with E-state index in [2.05, 4.69) is 0 Å². The Bertz CT molecular complexity index is 3920. The summed E-state index contributed by atoms with van der Waals surface area (Å²) in [5, 5.41) is -3.36. The molecule has 0 saturated carbocycles. The zero-order valence-electron chi connectivity index (χ0n) is 49.5. The fourth-order valence-corrected chi connectivity index (χ4v) is 5.18. The van der Waals surface area contributed by atoms with Gasteiger partial charge in [0.1, 0.15) is 11.2 Å². The molecule has 0 saturated heterocycles. The number of benzene rings is 8. The van der Waals surface area contributed by atoms with E-state index in [0.29, 0.717) is 0 Å². The van der Waals surface area contributed by atoms with Crippen molar-refractivity contribution in [3.05, 3.63) is 169 Å². The molecule has 0 radical (unpaired) electrons. The fourth-order valence-electron chi connectivity index (χ4n) is 5.18. The highest BCUT2D eigenvalue weighted by molar-refractivity contribution is 6.21. The smallest absolute Gasteiger partial charge is 0.136 e. The summed E-state index contributed by atoms with van der Waals surface area (Å²) >= 11 is 0. The van der Waals surface area contributed by atoms with Crippen molar-refractivity contribution in [2.24, 2.45) is 0 Å². The van der Waals surface area contributed by atoms with Crippen molar-refractivity contribution < 1.29 is 41.4 Å². The molecule has 210 valence electrons. The lowest BCUT2D eigenvalue weighted by atomic mass is 9.85. The summed E-state index contributed by atoms with van der Waals surface area (Å²) in [6.07, 6.45) is 0. The van der Waals surface area contributed by atoms with E-state index < -0.39 is 240 Å². The van der Waals surface area contributed by atoms with Gasteiger partial charge in [0.2, 0.25) is 0 Å². The van der Waals surface area contributed by atoms with Crippen LogP contribution in [0.4, 0.5) is 0 Å². The summed E-state index contributed by atoms with van der Waals surface area (Å²) in [5.41, 5.74) is -6.56. The Kier molecular flexibility index (Phi) is 2.38. The molecule has 0 fully saturated rings. The first-order chi connectivity index (χ1) is 33.6. The number of furan rings is 1. The van der Waals surface area contributed by atoms with Crippen molar-refractivity contribution in [2.45, 2.75) is 0 Å². The Labute approximate surface area is 299 Å². The second-order valence-corrected chi connectivity index (χ2v) is 9.59. The monoisotopic (exact) mass is 599 g/mol. The second-order valence-electron chi connectivity index (χ2n) is 9.59. The molecule has 1 aromatic heterocycles. The first kappa shape index (κ1) is 10.3. The zero-order valence-corrected chi connectivity index (χ0v) is 22.5. The van der Waals surface area contributed by atoms with Gasteiger partial charge in [-0.1, -0.05) is 139 Å². The molecule has 0 unspecified atom stereocenters. The summed E-state index contributed by atoms with van der Waals surface area (Å²) < 4.78 is 245. The normalized spacial score (nSPS) is 20.0. The van der Waals surface area contributed by atoms with Crippen LogP contribution in [0.1, 0.15) is 37.0 Å². The maximum atomic E-state index is 9.78. The highest BCUT2D eigenvalue weighted by Gasteiger charge is 2.17. The molecule has 1 nitrogen and oxygen atoms in total. The van der Waals surface area contributed by atoms with Gasteiger partial charge in [0.25, 0.3) is 0 Å². The van der Waals surface area contributed by atoms with E-state index >= 15 is 0 Å². The predicted octanol–water partition coefficient (Wildman–Crippen LogP) is 12.6. The van der Waals surface area contributed by atoms with Crippen molar-refractivity contribution in [3.63, 3.8) is 0 Å². The van der Waals surface area contributed by atoms with Crippen LogP contribution in [0.5, 0.6) is 0 Å². The molecular weight excluding hydrogens is 544 g/mol. The van der Waals surface area contributed by atoms with Crippen LogP contribution in [0.3, 0.4) is 0 Å². The van der Waals surface area contributed by atoms with E-state index in [4.69, 9.17) is 29.1 Å². The minimum Gasteiger partial charge on any atom is -0.456 e. The summed E-state index contributed by atoms with van der Waals surface area (Å²) in [4.78, 5) is 0. The van der Waals surface area contributed by atoms with Crippen molar-refractivity contribution in [2.75, 3.05) is 0 Å². The van der Waals surface area contributed by atoms with E-state index in [0.717, 1.165) is 6.07 Å². The summed E-state index contributed by atoms with van der Waals surface area (Å²) in [6, 6.07) is -23.0. The van der Waals surface area contributed by atoms with Crippen LogP contribution in [-0.2, 0) is 0 Å². The van der Waals surface area contributed by atoms with Crippen molar-refractivity contribution in [1.29, 1.82) is 0 Å². The summed E-state index contributed by atoms with van der Waals surface area (Å²) in [6.45, 7) is 0. The van der Waals surface area contributed by atoms with Crippen LogP contribution >= 0.6 is 0 Å². The molecule has 0 atom stereocenters. The number of hydrogen-bond donors (Lipinski definition) is 0. The molecule has 0 spiro atoms. The highest BCUT2D eigenvalue weighted by Crippen LogP contribution is 2.44. The minimum absolute atomic E-state index is 0.246. The Morgan fingerprint density at radius 3 is 1.49 bits per heavy atom. The number of fused-ring (bicyclic) bond motifs is 5. The van der Waals surface area contributed by atoms with Gasteiger partial charge in [-0.25, -0.2) is 0 Å². The van der Waals surface area contributed by atoms with E-state index in [1.54, 1.807) is 0 Å². The van der Waals surface area contributed by atoms with Gasteiger partial charge >= 0.3 is 0 Å². The average Bonchev–Trinajstić information content (AvgIpc) is 3.74. The Balaban J connectivity index is 1.47. The molecule has 0 aliphatic rings. The van der Waals surface area contributed by atoms with Crippen molar-refractivity contribution in [3.8, 4) is 44.5 Å². The Hall–Kier alpha value is -5.92. The maximum absolute atomic E-state index is 9.78. The van der Waals surface area contributed by atoms with Gasteiger partial charge in [0.15, 0.2) is 0 Å². The van der Waals surface area contributed by atoms with Gasteiger partial charge in [0, 0.05) is 10.8 Å². The van der Waals surface area contributed by atoms with Gasteiger partial charge in [-0.05, 0) is 96.3 Å². The van der Waals surface area contributed by atoms with E-state index in [-0.39, 0.29) is 10.8 Å². The zero-order chi connectivity index (χ0) is 53.2. The van der Waals surface area contributed by atoms with Gasteiger partial charge < -0.3 is 4.42 Å². The van der Waals surface area contributed by atoms with Gasteiger partial charge in [-0.15, -0.1) is 0 Å². The van der Waals surface area contributed by atoms with E-state index in [9.17, 15) is 12.3 Å². The van der Waals surface area contributed by atoms with Crippen LogP contribution < -0.4 is 0 Å². The standard InChI is InChI=1S/C44H28O/c1-3-12-29(13-4-1)32-23-25-41-40(27-32)35-24-22-33(28-42(35)45-41)31-16-11-17-34(26-31)44-38-20-9-7-18-36(38)43(30-14-5-2-6-15-30)37-19-8-10-21-39(37)44/h1-28H/i1D,2D,3D,4D,5D,6D,7D,8D,9D,10D,11D,12D,13D,14D,15D,16D,17D,18D,19D,20D,21D,22D,23D,25D,26D,27D,28D. The molecule has 0 amide bonds. The number of hydrogen-bond acceptors (Lipinski definition) is 1. The molecule has 9 rings (SSSR count). The summed E-state index contributed by atoms with van der Waals surface area (Å²) in [7, 11) is 0. The maximum Gasteiger partial charge on any atom is 0.136 e. The van der Waals surface area contributed by atoms with Crippen LogP contribution in [0, 0.1) is 0 Å². The lowest BCUT2D eigenvalue weighted by Gasteiger charge is -2.18. The Morgan fingerprint density at radius 2 is 0.822 bits per heavy atom. The molecule has 0 N–H and O–H groups in total. The third kappa shape index (κ3) is 4.24. The predicted molar refractivity (Wildman–Crippen MR) is 190 cm³/mol. The first-order valence-corrected chi connectivity index (χ1v) is 13.2. The molecule has 0 bridgehead atoms. The molecule has 0 aliphatic carbocycles. The van der Waals surface area contributed by atoms with Crippen LogP contribution in [0.15, 0.2) is 174 Å². The van der Waals surface area contributed by atoms with Crippen molar-refractivity contribution in [1.82, 2.24) is 0 Å². The number of rotatable bonds is 4. The van der Waals surface area contributed by atoms with Crippen molar-refractivity contribution >= 4 is 43.5 Å². The highest BCUT2D eigenvalue weighted by atomic mass is 16.3. The van der Waals surface area contributed by atoms with Gasteiger partial charge in [0.05, 0.1) is 37.0 Å². The molecule has 1 heteroatoms. The largest absolute Gasteiger partial charge is 0.456 e. The average molecular weight is 600 g/mol. The topological polar surface area (TPSA) is 13.1 Å². The molecular formula is C44H28O. The third-order valence-electron chi connectivity index (χ3n) is 7.10. The molecule has 8 aromatic carbocycles. The van der Waals surface area contributed by atoms with Gasteiger partial charge in [-0.3, -0.25) is 0 Å². The molecule has 0 aliphatic heterocycles. The van der Waals surface area contributed by atoms with E-state index in [1.807, 2.05) is 0 Å². The van der Waals surface area contributed by atoms with Crippen LogP contribution in [0.25, 0.3) is 88.0 Å². The lowest BCUT2D eigenvalue weighted by molar-refractivity contribution is 0.669. The SMILES string of the molecule is [2H]c1cc2c(oc3c([2H])c([2H])c(-c4c([2H])c([2H])c([2H])c([2H])c4[2H])c([2H])c32)c([2H])c1-c1c([2H])c([2H])c([2H])c(-c2c3c([2H])c([2H])c([2H])c([2H])c3c(-c3c([2H])c([2H])c([2H])c([2H])c3[2H])c3c([2H])c([2H])c([2H])c([2H])c23)c1[2H]. The summed E-state index contributed by atoms with van der Waals surface area (Å²) in [5.74, 6) is 0. The molecule has 45 heavy (non-hydrogen) atoms. The second kappa shape index (κ2) is 10.4. The van der Waals surface area contributed by atoms with E-state index in [1.165, 1.54) is 0 Å². The molecule has 9 aromatic rings. The third-order valence-corrected chi connectivity index (χ3v) is 7.10. The van der Waals surface area contributed by atoms with Gasteiger partial charge in [-0.2, -0.15) is 0 Å². The first-order valence-electron chi connectivity index (χ1n) is 26.7. The quantitative estimate of drug-likeness (QED) is 0.183. The Morgan fingerprint density at radius 1 is 0.311 bits per heavy atom. The van der Waals surface area contributed by atoms with Crippen LogP contribution in [0.2, 0.25) is 0 Å².